The van der Waals surface area contributed by atoms with Crippen LogP contribution in [-0.2, 0) is 12.0 Å². The molecule has 2 N–H and O–H groups in total. The summed E-state index contributed by atoms with van der Waals surface area (Å²) in [6, 6.07) is 24.0. The van der Waals surface area contributed by atoms with Crippen molar-refractivity contribution in [2.45, 2.75) is 32.7 Å². The third-order valence-corrected chi connectivity index (χ3v) is 5.70. The van der Waals surface area contributed by atoms with E-state index in [1.165, 1.54) is 5.56 Å². The Morgan fingerprint density at radius 2 is 1.68 bits per heavy atom. The summed E-state index contributed by atoms with van der Waals surface area (Å²) >= 11 is 8.79. The van der Waals surface area contributed by atoms with E-state index in [0.29, 0.717) is 30.6 Å². The van der Waals surface area contributed by atoms with Gasteiger partial charge in [0.1, 0.15) is 24.7 Å². The van der Waals surface area contributed by atoms with Gasteiger partial charge < -0.3 is 14.8 Å². The number of ether oxygens (including phenoxy) is 2. The van der Waals surface area contributed by atoms with Crippen LogP contribution in [-0.4, -0.2) is 24.5 Å². The highest BCUT2D eigenvalue weighted by Crippen LogP contribution is 2.24. The van der Waals surface area contributed by atoms with Crippen LogP contribution in [0, 0.1) is 0 Å². The Hall–Kier alpha value is -2.90. The normalized spacial score (nSPS) is 11.3. The molecule has 0 spiro atoms. The van der Waals surface area contributed by atoms with Gasteiger partial charge in [-0.3, -0.25) is 5.43 Å². The number of thiocarbonyl (C=S) groups is 1. The number of nitrogens with zero attached hydrogens (tertiary/aromatic N) is 1. The zero-order chi connectivity index (χ0) is 24.4. The lowest BCUT2D eigenvalue weighted by Gasteiger charge is -2.19. The summed E-state index contributed by atoms with van der Waals surface area (Å²) in [4.78, 5) is 0. The number of halogens is 1. The van der Waals surface area contributed by atoms with E-state index in [1.807, 2.05) is 60.7 Å². The van der Waals surface area contributed by atoms with Crippen LogP contribution in [0.3, 0.4) is 0 Å². The smallest absolute Gasteiger partial charge is 0.187 e. The fraction of sp³-hybridized carbons (Fsp3) is 0.259. The van der Waals surface area contributed by atoms with Gasteiger partial charge in [-0.15, -0.1) is 0 Å². The van der Waals surface area contributed by atoms with Gasteiger partial charge in [-0.1, -0.05) is 79.2 Å². The van der Waals surface area contributed by atoms with Crippen molar-refractivity contribution in [2.75, 3.05) is 13.2 Å². The lowest BCUT2D eigenvalue weighted by Crippen LogP contribution is -2.31. The molecule has 0 atom stereocenters. The van der Waals surface area contributed by atoms with Gasteiger partial charge in [-0.2, -0.15) is 5.10 Å². The van der Waals surface area contributed by atoms with Gasteiger partial charge in [-0.25, -0.2) is 0 Å². The first-order valence-corrected chi connectivity index (χ1v) is 12.3. The van der Waals surface area contributed by atoms with E-state index in [9.17, 15) is 0 Å². The first-order chi connectivity index (χ1) is 16.3. The average Bonchev–Trinajstić information content (AvgIpc) is 2.82. The van der Waals surface area contributed by atoms with Crippen LogP contribution in [0.15, 0.2) is 82.4 Å². The van der Waals surface area contributed by atoms with Crippen LogP contribution in [0.25, 0.3) is 0 Å². The molecule has 3 aromatic carbocycles. The molecule has 0 aliphatic heterocycles. The van der Waals surface area contributed by atoms with Crippen molar-refractivity contribution in [3.05, 3.63) is 94.0 Å². The Morgan fingerprint density at radius 3 is 2.38 bits per heavy atom. The number of benzene rings is 3. The van der Waals surface area contributed by atoms with Crippen LogP contribution < -0.4 is 20.2 Å². The summed E-state index contributed by atoms with van der Waals surface area (Å²) in [5, 5.41) is 7.83. The molecule has 0 saturated heterocycles. The highest BCUT2D eigenvalue weighted by molar-refractivity contribution is 9.10. The lowest BCUT2D eigenvalue weighted by atomic mass is 9.87. The second kappa shape index (κ2) is 12.5. The Morgan fingerprint density at radius 1 is 0.971 bits per heavy atom. The quantitative estimate of drug-likeness (QED) is 0.147. The monoisotopic (exact) mass is 539 g/mol. The molecule has 0 fully saturated rings. The van der Waals surface area contributed by atoms with Crippen LogP contribution in [0.4, 0.5) is 0 Å². The van der Waals surface area contributed by atoms with Crippen LogP contribution in [0.1, 0.15) is 37.5 Å². The molecule has 3 aromatic rings. The predicted molar refractivity (Wildman–Crippen MR) is 147 cm³/mol. The molecule has 0 heterocycles. The van der Waals surface area contributed by atoms with Crippen molar-refractivity contribution in [3.63, 3.8) is 0 Å². The largest absolute Gasteiger partial charge is 0.490 e. The Kier molecular flexibility index (Phi) is 9.48. The maximum absolute atomic E-state index is 5.94. The maximum Gasteiger partial charge on any atom is 0.187 e. The van der Waals surface area contributed by atoms with Gasteiger partial charge in [0.05, 0.1) is 6.21 Å². The minimum Gasteiger partial charge on any atom is -0.490 e. The van der Waals surface area contributed by atoms with Crippen LogP contribution in [0.2, 0.25) is 0 Å². The van der Waals surface area contributed by atoms with E-state index in [-0.39, 0.29) is 5.41 Å². The van der Waals surface area contributed by atoms with Crippen molar-refractivity contribution in [1.29, 1.82) is 0 Å². The second-order valence-corrected chi connectivity index (χ2v) is 10.0. The number of nitrogens with one attached hydrogen (secondary N) is 2. The Balaban J connectivity index is 1.47. The standard InChI is InChI=1S/C27H30BrN3O2S/c1-27(2,3)22-9-12-24(13-10-22)32-15-16-33-25-14-11-23(28)17-21(25)19-30-31-26(34)29-18-20-7-5-4-6-8-20/h4-14,17,19H,15-16,18H2,1-3H3,(H2,29,31,34)/b30-19-. The fourth-order valence-electron chi connectivity index (χ4n) is 3.09. The van der Waals surface area contributed by atoms with E-state index in [0.717, 1.165) is 21.3 Å². The van der Waals surface area contributed by atoms with Crippen LogP contribution in [0.5, 0.6) is 11.5 Å². The van der Waals surface area contributed by atoms with Gasteiger partial charge >= 0.3 is 0 Å². The molecule has 0 amide bonds. The van der Waals surface area contributed by atoms with E-state index < -0.39 is 0 Å². The Bertz CT molecular complexity index is 1100. The number of hydrogen-bond donors (Lipinski definition) is 2. The van der Waals surface area contributed by atoms with E-state index >= 15 is 0 Å². The highest BCUT2D eigenvalue weighted by Gasteiger charge is 2.13. The van der Waals surface area contributed by atoms with Crippen LogP contribution >= 0.6 is 28.1 Å². The van der Waals surface area contributed by atoms with E-state index in [2.05, 4.69) is 64.7 Å². The second-order valence-electron chi connectivity index (χ2n) is 8.69. The Labute approximate surface area is 215 Å². The van der Waals surface area contributed by atoms with Crippen molar-refractivity contribution < 1.29 is 9.47 Å². The molecule has 3 rings (SSSR count). The topological polar surface area (TPSA) is 54.9 Å². The molecular formula is C27H30BrN3O2S. The van der Waals surface area contributed by atoms with Crippen molar-refractivity contribution in [3.8, 4) is 11.5 Å². The molecule has 0 radical (unpaired) electrons. The number of hydrogen-bond acceptors (Lipinski definition) is 4. The predicted octanol–water partition coefficient (Wildman–Crippen LogP) is 6.20. The number of rotatable bonds is 9. The van der Waals surface area contributed by atoms with E-state index in [4.69, 9.17) is 21.7 Å². The third kappa shape index (κ3) is 8.47. The molecule has 34 heavy (non-hydrogen) atoms. The fourth-order valence-corrected chi connectivity index (χ4v) is 3.60. The molecule has 0 unspecified atom stereocenters. The lowest BCUT2D eigenvalue weighted by molar-refractivity contribution is 0.217. The van der Waals surface area contributed by atoms with Gasteiger partial charge in [0.15, 0.2) is 5.11 Å². The summed E-state index contributed by atoms with van der Waals surface area (Å²) in [7, 11) is 0. The van der Waals surface area contributed by atoms with E-state index in [1.54, 1.807) is 6.21 Å². The SMILES string of the molecule is CC(C)(C)c1ccc(OCCOc2ccc(Br)cc2/C=N\NC(=S)NCc2ccccc2)cc1. The minimum absolute atomic E-state index is 0.123. The molecule has 5 nitrogen and oxygen atoms in total. The van der Waals surface area contributed by atoms with Gasteiger partial charge in [0, 0.05) is 16.6 Å². The summed E-state index contributed by atoms with van der Waals surface area (Å²) in [5.41, 5.74) is 6.21. The molecule has 7 heteroatoms. The highest BCUT2D eigenvalue weighted by atomic mass is 79.9. The molecule has 0 aliphatic carbocycles. The molecule has 0 aromatic heterocycles. The summed E-state index contributed by atoms with van der Waals surface area (Å²) in [5.74, 6) is 1.54. The molecule has 0 bridgehead atoms. The molecule has 0 saturated carbocycles. The van der Waals surface area contributed by atoms with Crippen molar-refractivity contribution >= 4 is 39.5 Å². The maximum atomic E-state index is 5.94. The summed E-state index contributed by atoms with van der Waals surface area (Å²) in [6.45, 7) is 8.06. The molecule has 178 valence electrons. The first-order valence-electron chi connectivity index (χ1n) is 11.1. The first kappa shape index (κ1) is 25.7. The zero-order valence-electron chi connectivity index (χ0n) is 19.7. The third-order valence-electron chi connectivity index (χ3n) is 4.97. The molecular weight excluding hydrogens is 510 g/mol. The van der Waals surface area contributed by atoms with Crippen molar-refractivity contribution in [1.82, 2.24) is 10.7 Å². The minimum atomic E-state index is 0.123. The molecule has 0 aliphatic rings. The summed E-state index contributed by atoms with van der Waals surface area (Å²) < 4.78 is 12.7. The van der Waals surface area contributed by atoms with Gasteiger partial charge in [-0.05, 0) is 59.1 Å². The van der Waals surface area contributed by atoms with Gasteiger partial charge in [0.25, 0.3) is 0 Å². The zero-order valence-corrected chi connectivity index (χ0v) is 22.1. The number of hydrazone groups is 1. The average molecular weight is 541 g/mol. The summed E-state index contributed by atoms with van der Waals surface area (Å²) in [6.07, 6.45) is 1.68. The van der Waals surface area contributed by atoms with Crippen molar-refractivity contribution in [2.24, 2.45) is 5.10 Å². The van der Waals surface area contributed by atoms with Gasteiger partial charge in [0.2, 0.25) is 0 Å².